The molecule has 1 aliphatic heterocycles. The van der Waals surface area contributed by atoms with Crippen LogP contribution in [0.3, 0.4) is 0 Å². The van der Waals surface area contributed by atoms with Gasteiger partial charge in [0.1, 0.15) is 6.04 Å². The van der Waals surface area contributed by atoms with Gasteiger partial charge in [0.15, 0.2) is 16.6 Å². The number of rotatable bonds is 6. The fourth-order valence-electron chi connectivity index (χ4n) is 1.82. The first-order valence-electron chi connectivity index (χ1n) is 6.47. The highest BCUT2D eigenvalue weighted by molar-refractivity contribution is 8.13. The summed E-state index contributed by atoms with van der Waals surface area (Å²) in [5.41, 5.74) is 6.57. The molecule has 7 heteroatoms. The molecule has 0 unspecified atom stereocenters. The van der Waals surface area contributed by atoms with Gasteiger partial charge in [-0.1, -0.05) is 17.8 Å². The Balaban J connectivity index is 1.75. The number of hydrogen-bond donors (Lipinski definition) is 1. The van der Waals surface area contributed by atoms with E-state index in [9.17, 15) is 9.59 Å². The summed E-state index contributed by atoms with van der Waals surface area (Å²) in [7, 11) is 1.27. The lowest BCUT2D eigenvalue weighted by Gasteiger charge is -2.08. The SMILES string of the molecule is COC(=O)[C@@H](N)CSC(=O)CCc1ccc2c(c1)OCO2. The summed E-state index contributed by atoms with van der Waals surface area (Å²) in [6.45, 7) is 0.235. The molecule has 0 radical (unpaired) electrons. The molecule has 114 valence electrons. The molecular formula is C14H17NO5S. The minimum Gasteiger partial charge on any atom is -0.468 e. The van der Waals surface area contributed by atoms with Crippen LogP contribution in [0.1, 0.15) is 12.0 Å². The predicted molar refractivity (Wildman–Crippen MR) is 78.3 cm³/mol. The van der Waals surface area contributed by atoms with Crippen molar-refractivity contribution in [2.45, 2.75) is 18.9 Å². The molecule has 21 heavy (non-hydrogen) atoms. The standard InChI is InChI=1S/C14H17NO5S/c1-18-14(17)10(15)7-21-13(16)5-3-9-2-4-11-12(6-9)20-8-19-11/h2,4,6,10H,3,5,7-8,15H2,1H3/t10-/m0/s1. The Hall–Kier alpha value is -1.73. The molecule has 2 rings (SSSR count). The second-order valence-corrected chi connectivity index (χ2v) is 5.58. The molecule has 1 heterocycles. The van der Waals surface area contributed by atoms with Gasteiger partial charge in [0.25, 0.3) is 0 Å². The van der Waals surface area contributed by atoms with Gasteiger partial charge in [-0.15, -0.1) is 0 Å². The number of hydrogen-bond acceptors (Lipinski definition) is 7. The Labute approximate surface area is 126 Å². The Morgan fingerprint density at radius 3 is 2.90 bits per heavy atom. The Morgan fingerprint density at radius 1 is 1.38 bits per heavy atom. The molecule has 0 aliphatic carbocycles. The van der Waals surface area contributed by atoms with Gasteiger partial charge in [0, 0.05) is 12.2 Å². The van der Waals surface area contributed by atoms with E-state index in [2.05, 4.69) is 4.74 Å². The number of fused-ring (bicyclic) bond motifs is 1. The molecule has 0 saturated heterocycles. The average molecular weight is 311 g/mol. The van der Waals surface area contributed by atoms with Crippen molar-refractivity contribution in [2.75, 3.05) is 19.7 Å². The lowest BCUT2D eigenvalue weighted by atomic mass is 10.1. The first-order chi connectivity index (χ1) is 10.1. The molecule has 2 N–H and O–H groups in total. The quantitative estimate of drug-likeness (QED) is 0.787. The van der Waals surface area contributed by atoms with Gasteiger partial charge in [-0.05, 0) is 24.1 Å². The number of thioether (sulfide) groups is 1. The van der Waals surface area contributed by atoms with E-state index in [1.165, 1.54) is 7.11 Å². The zero-order valence-electron chi connectivity index (χ0n) is 11.7. The van der Waals surface area contributed by atoms with Crippen LogP contribution in [0.2, 0.25) is 0 Å². The molecular weight excluding hydrogens is 294 g/mol. The highest BCUT2D eigenvalue weighted by Crippen LogP contribution is 2.32. The van der Waals surface area contributed by atoms with Crippen LogP contribution < -0.4 is 15.2 Å². The summed E-state index contributed by atoms with van der Waals surface area (Å²) in [5.74, 6) is 1.15. The zero-order chi connectivity index (χ0) is 15.2. The summed E-state index contributed by atoms with van der Waals surface area (Å²) in [6, 6.07) is 4.85. The van der Waals surface area contributed by atoms with E-state index in [4.69, 9.17) is 15.2 Å². The number of nitrogens with two attached hydrogens (primary N) is 1. The largest absolute Gasteiger partial charge is 0.468 e. The molecule has 1 atom stereocenters. The molecule has 0 aromatic heterocycles. The maximum atomic E-state index is 11.8. The van der Waals surface area contributed by atoms with Gasteiger partial charge >= 0.3 is 5.97 Å². The van der Waals surface area contributed by atoms with Crippen LogP contribution in [0.4, 0.5) is 0 Å². The van der Waals surface area contributed by atoms with Crippen LogP contribution in [0.15, 0.2) is 18.2 Å². The number of aryl methyl sites for hydroxylation is 1. The van der Waals surface area contributed by atoms with Crippen molar-refractivity contribution in [1.82, 2.24) is 0 Å². The third-order valence-corrected chi connectivity index (χ3v) is 4.03. The summed E-state index contributed by atoms with van der Waals surface area (Å²) in [4.78, 5) is 22.9. The van der Waals surface area contributed by atoms with Crippen molar-refractivity contribution >= 4 is 22.8 Å². The summed E-state index contributed by atoms with van der Waals surface area (Å²) < 4.78 is 15.0. The van der Waals surface area contributed by atoms with E-state index >= 15 is 0 Å². The third kappa shape index (κ3) is 4.37. The van der Waals surface area contributed by atoms with Crippen molar-refractivity contribution in [3.63, 3.8) is 0 Å². The number of ether oxygens (including phenoxy) is 3. The highest BCUT2D eigenvalue weighted by atomic mass is 32.2. The van der Waals surface area contributed by atoms with Crippen molar-refractivity contribution in [3.05, 3.63) is 23.8 Å². The number of methoxy groups -OCH3 is 1. The number of benzene rings is 1. The monoisotopic (exact) mass is 311 g/mol. The maximum Gasteiger partial charge on any atom is 0.323 e. The van der Waals surface area contributed by atoms with E-state index < -0.39 is 12.0 Å². The first-order valence-corrected chi connectivity index (χ1v) is 7.46. The van der Waals surface area contributed by atoms with E-state index in [-0.39, 0.29) is 17.7 Å². The van der Waals surface area contributed by atoms with Crippen LogP contribution in [-0.2, 0) is 20.7 Å². The number of carbonyl (C=O) groups is 2. The second kappa shape index (κ2) is 7.33. The van der Waals surface area contributed by atoms with Gasteiger partial charge < -0.3 is 19.9 Å². The highest BCUT2D eigenvalue weighted by Gasteiger charge is 2.16. The zero-order valence-corrected chi connectivity index (χ0v) is 12.5. The smallest absolute Gasteiger partial charge is 0.323 e. The van der Waals surface area contributed by atoms with Crippen molar-refractivity contribution < 1.29 is 23.8 Å². The fourth-order valence-corrected chi connectivity index (χ4v) is 2.57. The molecule has 0 amide bonds. The van der Waals surface area contributed by atoms with Crippen LogP contribution in [-0.4, -0.2) is 36.8 Å². The normalized spacial score (nSPS) is 13.8. The van der Waals surface area contributed by atoms with Crippen molar-refractivity contribution in [2.24, 2.45) is 5.73 Å². The van der Waals surface area contributed by atoms with Gasteiger partial charge in [0.05, 0.1) is 7.11 Å². The van der Waals surface area contributed by atoms with Crippen LogP contribution in [0, 0.1) is 0 Å². The van der Waals surface area contributed by atoms with Gasteiger partial charge in [-0.3, -0.25) is 9.59 Å². The van der Waals surface area contributed by atoms with Crippen molar-refractivity contribution in [1.29, 1.82) is 0 Å². The minimum atomic E-state index is -0.769. The molecule has 0 fully saturated rings. The maximum absolute atomic E-state index is 11.8. The summed E-state index contributed by atoms with van der Waals surface area (Å²) >= 11 is 1.05. The molecule has 0 bridgehead atoms. The van der Waals surface area contributed by atoms with E-state index in [0.717, 1.165) is 23.1 Å². The van der Waals surface area contributed by atoms with Gasteiger partial charge in [-0.2, -0.15) is 0 Å². The number of esters is 1. The minimum absolute atomic E-state index is 0.00739. The predicted octanol–water partition coefficient (Wildman–Crippen LogP) is 1.11. The van der Waals surface area contributed by atoms with E-state index in [0.29, 0.717) is 18.6 Å². The first kappa shape index (κ1) is 15.7. The lowest BCUT2D eigenvalue weighted by molar-refractivity contribution is -0.141. The third-order valence-electron chi connectivity index (χ3n) is 2.98. The average Bonchev–Trinajstić information content (AvgIpc) is 2.97. The Kier molecular flexibility index (Phi) is 5.46. The second-order valence-electron chi connectivity index (χ2n) is 4.50. The molecule has 1 aromatic rings. The topological polar surface area (TPSA) is 87.9 Å². The van der Waals surface area contributed by atoms with Gasteiger partial charge in [0.2, 0.25) is 6.79 Å². The summed E-state index contributed by atoms with van der Waals surface area (Å²) in [6.07, 6.45) is 0.980. The number of carbonyl (C=O) groups excluding carboxylic acids is 2. The van der Waals surface area contributed by atoms with E-state index in [1.54, 1.807) is 0 Å². The van der Waals surface area contributed by atoms with Crippen LogP contribution >= 0.6 is 11.8 Å². The summed E-state index contributed by atoms with van der Waals surface area (Å²) in [5, 5.41) is -0.00739. The van der Waals surface area contributed by atoms with Crippen molar-refractivity contribution in [3.8, 4) is 11.5 Å². The molecule has 0 saturated carbocycles. The molecule has 1 aromatic carbocycles. The van der Waals surface area contributed by atoms with Crippen LogP contribution in [0.5, 0.6) is 11.5 Å². The van der Waals surface area contributed by atoms with Crippen LogP contribution in [0.25, 0.3) is 0 Å². The Bertz CT molecular complexity index is 534. The molecule has 0 spiro atoms. The lowest BCUT2D eigenvalue weighted by Crippen LogP contribution is -2.34. The Morgan fingerprint density at radius 2 is 2.14 bits per heavy atom. The van der Waals surface area contributed by atoms with E-state index in [1.807, 2.05) is 18.2 Å². The van der Waals surface area contributed by atoms with Gasteiger partial charge in [-0.25, -0.2) is 0 Å². The molecule has 1 aliphatic rings. The fraction of sp³-hybridized carbons (Fsp3) is 0.429. The molecule has 6 nitrogen and oxygen atoms in total.